The van der Waals surface area contributed by atoms with E-state index >= 15 is 4.39 Å². The Balaban J connectivity index is 1.15. The molecule has 4 N–H and O–H groups in total. The molecule has 1 saturated carbocycles. The number of rotatable bonds is 8. The minimum Gasteiger partial charge on any atom is -0.493 e. The zero-order valence-corrected chi connectivity index (χ0v) is 23.1. The van der Waals surface area contributed by atoms with Crippen molar-refractivity contribution in [1.29, 1.82) is 0 Å². The second-order valence-electron chi connectivity index (χ2n) is 9.99. The van der Waals surface area contributed by atoms with Crippen LogP contribution in [0.15, 0.2) is 60.9 Å². The first-order valence-corrected chi connectivity index (χ1v) is 13.3. The number of nitrogens with zero attached hydrogens (tertiary/aromatic N) is 2. The van der Waals surface area contributed by atoms with E-state index in [2.05, 4.69) is 31.2 Å². The van der Waals surface area contributed by atoms with Crippen LogP contribution in [0.25, 0.3) is 0 Å². The third-order valence-corrected chi connectivity index (χ3v) is 7.25. The van der Waals surface area contributed by atoms with Gasteiger partial charge >= 0.3 is 0 Å². The highest BCUT2D eigenvalue weighted by Gasteiger charge is 2.56. The molecule has 3 aromatic carbocycles. The highest BCUT2D eigenvalue weighted by Crippen LogP contribution is 2.48. The first-order chi connectivity index (χ1) is 20.8. The van der Waals surface area contributed by atoms with Crippen molar-refractivity contribution in [3.05, 3.63) is 78.1 Å². The predicted octanol–water partition coefficient (Wildman–Crippen LogP) is 5.59. The number of halogens is 2. The van der Waals surface area contributed by atoms with Crippen LogP contribution in [0.5, 0.6) is 23.1 Å². The fraction of sp³-hybridized carbons (Fsp3) is 0.200. The zero-order valence-electron chi connectivity index (χ0n) is 23.1. The fourth-order valence-corrected chi connectivity index (χ4v) is 4.68. The molecule has 0 saturated heterocycles. The second kappa shape index (κ2) is 11.1. The Hall–Kier alpha value is -5.46. The summed E-state index contributed by atoms with van der Waals surface area (Å²) in [5.41, 5.74) is 1.25. The normalized spacial score (nSPS) is 14.0. The number of carbonyl (C=O) groups is 2. The fourth-order valence-electron chi connectivity index (χ4n) is 4.68. The summed E-state index contributed by atoms with van der Waals surface area (Å²) in [6.07, 6.45) is 1.95. The van der Waals surface area contributed by atoms with E-state index in [1.54, 1.807) is 20.3 Å². The van der Waals surface area contributed by atoms with Gasteiger partial charge in [-0.2, -0.15) is 4.98 Å². The quantitative estimate of drug-likeness (QED) is 0.194. The number of amides is 2. The van der Waals surface area contributed by atoms with E-state index in [-0.39, 0.29) is 17.3 Å². The van der Waals surface area contributed by atoms with Gasteiger partial charge in [-0.3, -0.25) is 9.59 Å². The summed E-state index contributed by atoms with van der Waals surface area (Å²) < 4.78 is 45.0. The Morgan fingerprint density at radius 2 is 1.53 bits per heavy atom. The Bertz CT molecular complexity index is 1730. The van der Waals surface area contributed by atoms with Crippen molar-refractivity contribution in [1.82, 2.24) is 9.97 Å². The van der Waals surface area contributed by atoms with Crippen molar-refractivity contribution in [2.75, 3.05) is 35.5 Å². The van der Waals surface area contributed by atoms with Gasteiger partial charge in [-0.1, -0.05) is 0 Å². The molecule has 0 unspecified atom stereocenters. The molecule has 1 aliphatic carbocycles. The number of benzene rings is 3. The molecule has 0 atom stereocenters. The SMILES string of the molecule is COc1cc2c(cc1OC)Nc1ncnc(Oc3ccc(NC(=O)C4(C(=O)Nc5ccc(F)cc5)CC4)cc3F)c1NC2. The van der Waals surface area contributed by atoms with Crippen molar-refractivity contribution in [2.45, 2.75) is 19.4 Å². The van der Waals surface area contributed by atoms with Gasteiger partial charge in [0, 0.05) is 35.7 Å². The largest absolute Gasteiger partial charge is 0.493 e. The summed E-state index contributed by atoms with van der Waals surface area (Å²) in [6, 6.07) is 12.8. The van der Waals surface area contributed by atoms with E-state index in [0.717, 1.165) is 17.3 Å². The third kappa shape index (κ3) is 5.44. The molecule has 4 aromatic rings. The van der Waals surface area contributed by atoms with Crippen LogP contribution in [0, 0.1) is 17.0 Å². The van der Waals surface area contributed by atoms with Crippen LogP contribution in [-0.2, 0) is 16.1 Å². The van der Waals surface area contributed by atoms with Crippen LogP contribution in [0.3, 0.4) is 0 Å². The number of hydrogen-bond donors (Lipinski definition) is 4. The molecule has 2 heterocycles. The molecule has 43 heavy (non-hydrogen) atoms. The Labute approximate surface area is 244 Å². The number of ether oxygens (including phenoxy) is 3. The summed E-state index contributed by atoms with van der Waals surface area (Å²) in [5.74, 6) is -0.825. The minimum atomic E-state index is -1.29. The second-order valence-corrected chi connectivity index (χ2v) is 9.99. The molecular formula is C30H26F2N6O5. The monoisotopic (exact) mass is 588 g/mol. The molecule has 1 fully saturated rings. The van der Waals surface area contributed by atoms with Crippen molar-refractivity contribution in [2.24, 2.45) is 5.41 Å². The van der Waals surface area contributed by atoms with Gasteiger partial charge in [-0.25, -0.2) is 13.8 Å². The Morgan fingerprint density at radius 1 is 0.860 bits per heavy atom. The first kappa shape index (κ1) is 27.7. The number of nitrogens with one attached hydrogen (secondary N) is 4. The van der Waals surface area contributed by atoms with Crippen LogP contribution in [0.2, 0.25) is 0 Å². The van der Waals surface area contributed by atoms with E-state index in [0.29, 0.717) is 48.1 Å². The van der Waals surface area contributed by atoms with Crippen molar-refractivity contribution in [3.8, 4) is 23.1 Å². The average molecular weight is 589 g/mol. The molecule has 0 spiro atoms. The Morgan fingerprint density at radius 3 is 2.21 bits per heavy atom. The molecule has 2 amide bonds. The van der Waals surface area contributed by atoms with Gasteiger partial charge in [0.2, 0.25) is 17.7 Å². The van der Waals surface area contributed by atoms with Crippen LogP contribution in [-0.4, -0.2) is 36.0 Å². The molecule has 13 heteroatoms. The number of methoxy groups -OCH3 is 2. The molecule has 0 bridgehead atoms. The number of hydrogen-bond acceptors (Lipinski definition) is 9. The molecule has 6 rings (SSSR count). The van der Waals surface area contributed by atoms with Crippen molar-refractivity contribution >= 4 is 40.4 Å². The minimum absolute atomic E-state index is 0.0781. The maximum atomic E-state index is 15.2. The lowest BCUT2D eigenvalue weighted by atomic mass is 10.0. The first-order valence-electron chi connectivity index (χ1n) is 13.3. The summed E-state index contributed by atoms with van der Waals surface area (Å²) in [7, 11) is 3.10. The van der Waals surface area contributed by atoms with Gasteiger partial charge in [0.15, 0.2) is 28.9 Å². The summed E-state index contributed by atoms with van der Waals surface area (Å²) in [5, 5.41) is 11.7. The van der Waals surface area contributed by atoms with Crippen LogP contribution < -0.4 is 35.5 Å². The number of carbonyl (C=O) groups excluding carboxylic acids is 2. The van der Waals surface area contributed by atoms with Gasteiger partial charge in [0.25, 0.3) is 0 Å². The molecule has 11 nitrogen and oxygen atoms in total. The van der Waals surface area contributed by atoms with E-state index in [9.17, 15) is 14.0 Å². The summed E-state index contributed by atoms with van der Waals surface area (Å²) in [6.45, 7) is 0.364. The van der Waals surface area contributed by atoms with E-state index in [1.165, 1.54) is 42.7 Å². The molecule has 220 valence electrons. The van der Waals surface area contributed by atoms with Crippen molar-refractivity contribution in [3.63, 3.8) is 0 Å². The van der Waals surface area contributed by atoms with Crippen LogP contribution >= 0.6 is 0 Å². The lowest BCUT2D eigenvalue weighted by Gasteiger charge is -2.16. The molecule has 2 aliphatic rings. The average Bonchev–Trinajstić information content (AvgIpc) is 3.83. The van der Waals surface area contributed by atoms with E-state index in [1.807, 2.05) is 6.07 Å². The van der Waals surface area contributed by atoms with Gasteiger partial charge in [0.05, 0.1) is 14.2 Å². The van der Waals surface area contributed by atoms with Gasteiger partial charge in [-0.15, -0.1) is 0 Å². The lowest BCUT2D eigenvalue weighted by molar-refractivity contribution is -0.131. The number of aromatic nitrogens is 2. The molecule has 1 aromatic heterocycles. The van der Waals surface area contributed by atoms with Gasteiger partial charge < -0.3 is 35.5 Å². The standard InChI is InChI=1S/C30H26F2N6O5/c1-41-23-11-16-14-33-25-26(38-21(16)13-24(23)42-2)34-15-35-27(25)43-22-8-7-19(12-20(22)32)37-29(40)30(9-10-30)28(39)36-18-5-3-17(31)4-6-18/h3-8,11-13,15,33H,9-10,14H2,1-2H3,(H,36,39)(H,37,40)(H,34,35,38). The van der Waals surface area contributed by atoms with Crippen LogP contribution in [0.4, 0.5) is 37.3 Å². The van der Waals surface area contributed by atoms with Crippen LogP contribution in [0.1, 0.15) is 18.4 Å². The molecular weight excluding hydrogens is 562 g/mol. The highest BCUT2D eigenvalue weighted by atomic mass is 19.1. The summed E-state index contributed by atoms with van der Waals surface area (Å²) >= 11 is 0. The maximum absolute atomic E-state index is 15.2. The van der Waals surface area contributed by atoms with E-state index < -0.39 is 28.9 Å². The maximum Gasteiger partial charge on any atom is 0.248 e. The lowest BCUT2D eigenvalue weighted by Crippen LogP contribution is -2.35. The Kier molecular flexibility index (Phi) is 7.14. The molecule has 1 aliphatic heterocycles. The highest BCUT2D eigenvalue weighted by molar-refractivity contribution is 6.16. The third-order valence-electron chi connectivity index (χ3n) is 7.25. The smallest absolute Gasteiger partial charge is 0.248 e. The topological polar surface area (TPSA) is 136 Å². The van der Waals surface area contributed by atoms with Crippen molar-refractivity contribution < 1.29 is 32.6 Å². The predicted molar refractivity (Wildman–Crippen MR) is 154 cm³/mol. The van der Waals surface area contributed by atoms with Gasteiger partial charge in [-0.05, 0) is 60.9 Å². The van der Waals surface area contributed by atoms with Gasteiger partial charge in [0.1, 0.15) is 23.2 Å². The summed E-state index contributed by atoms with van der Waals surface area (Å²) in [4.78, 5) is 34.3. The molecule has 0 radical (unpaired) electrons. The zero-order chi connectivity index (χ0) is 30.1. The number of anilines is 5. The number of fused-ring (bicyclic) bond motifs is 2. The van der Waals surface area contributed by atoms with E-state index in [4.69, 9.17) is 14.2 Å².